The van der Waals surface area contributed by atoms with Gasteiger partial charge in [-0.05, 0) is 108 Å². The summed E-state index contributed by atoms with van der Waals surface area (Å²) in [4.78, 5) is 0. The van der Waals surface area contributed by atoms with E-state index in [1.54, 1.807) is 24.3 Å². The van der Waals surface area contributed by atoms with Crippen molar-refractivity contribution in [1.29, 1.82) is 21.0 Å². The molecule has 0 saturated heterocycles. The second-order valence-corrected chi connectivity index (χ2v) is 15.2. The molecule has 4 nitrogen and oxygen atoms in total. The molecule has 0 aliphatic carbocycles. The lowest BCUT2D eigenvalue weighted by atomic mass is 9.86. The molecule has 0 N–H and O–H groups in total. The molecule has 13 rings (SSSR count). The Morgan fingerprint density at radius 2 is 0.433 bits per heavy atom. The van der Waals surface area contributed by atoms with Crippen molar-refractivity contribution in [2.45, 2.75) is 0 Å². The molecule has 0 fully saturated rings. The highest BCUT2D eigenvalue weighted by atomic mass is 14.3. The summed E-state index contributed by atoms with van der Waals surface area (Å²) in [5.74, 6) is 0. The first-order valence-electron chi connectivity index (χ1n) is 19.7. The van der Waals surface area contributed by atoms with Crippen molar-refractivity contribution in [2.75, 3.05) is 0 Å². The first-order chi connectivity index (χ1) is 29.6. The number of nitriles is 4. The molecule has 0 unspecified atom stereocenters. The van der Waals surface area contributed by atoms with E-state index in [1.165, 1.54) is 132 Å². The van der Waals surface area contributed by atoms with Gasteiger partial charge in [0.1, 0.15) is 35.4 Å². The van der Waals surface area contributed by atoms with Crippen LogP contribution in [0.1, 0.15) is 0 Å². The van der Waals surface area contributed by atoms with Crippen LogP contribution in [0.2, 0.25) is 0 Å². The quantitative estimate of drug-likeness (QED) is 0.114. The smallest absolute Gasteiger partial charge is 0.136 e. The van der Waals surface area contributed by atoms with Crippen molar-refractivity contribution < 1.29 is 0 Å². The summed E-state index contributed by atoms with van der Waals surface area (Å²) in [6, 6.07) is 66.9. The second-order valence-electron chi connectivity index (χ2n) is 15.2. The Hall–Kier alpha value is -8.80. The van der Waals surface area contributed by atoms with E-state index in [-0.39, 0.29) is 11.1 Å². The van der Waals surface area contributed by atoms with Crippen molar-refractivity contribution >= 4 is 119 Å². The van der Waals surface area contributed by atoms with Gasteiger partial charge in [0.15, 0.2) is 0 Å². The van der Waals surface area contributed by atoms with Crippen LogP contribution in [0, 0.1) is 45.3 Å². The fourth-order valence-electron chi connectivity index (χ4n) is 9.58. The van der Waals surface area contributed by atoms with Crippen LogP contribution in [-0.4, -0.2) is 0 Å². The van der Waals surface area contributed by atoms with E-state index in [4.69, 9.17) is 21.0 Å². The van der Waals surface area contributed by atoms with Crippen molar-refractivity contribution in [2.24, 2.45) is 0 Å². The zero-order valence-electron chi connectivity index (χ0n) is 32.0. The maximum absolute atomic E-state index is 8.63. The molecule has 0 heterocycles. The third kappa shape index (κ3) is 5.00. The van der Waals surface area contributed by atoms with Crippen LogP contribution in [0.4, 0.5) is 0 Å². The average Bonchev–Trinajstić information content (AvgIpc) is 3.31. The molecule has 0 aliphatic heterocycles. The predicted molar refractivity (Wildman–Crippen MR) is 248 cm³/mol. The molecule has 13 aromatic rings. The lowest BCUT2D eigenvalue weighted by Crippen LogP contribution is -2.11. The Morgan fingerprint density at radius 1 is 0.233 bits per heavy atom. The minimum absolute atomic E-state index is 0.00187. The van der Waals surface area contributed by atoms with E-state index >= 15 is 0 Å². The summed E-state index contributed by atoms with van der Waals surface area (Å²) < 4.78 is 0. The van der Waals surface area contributed by atoms with Gasteiger partial charge >= 0.3 is 0 Å². The van der Waals surface area contributed by atoms with Crippen molar-refractivity contribution in [3.05, 3.63) is 180 Å². The topological polar surface area (TPSA) is 95.2 Å². The molecule has 0 radical (unpaired) electrons. The summed E-state index contributed by atoms with van der Waals surface area (Å²) in [6.07, 6.45) is 0. The first kappa shape index (κ1) is 34.4. The third-order valence-corrected chi connectivity index (χ3v) is 12.2. The van der Waals surface area contributed by atoms with Crippen LogP contribution in [0.25, 0.3) is 119 Å². The summed E-state index contributed by atoms with van der Waals surface area (Å²) >= 11 is 0. The van der Waals surface area contributed by atoms with Gasteiger partial charge in [0, 0.05) is 10.4 Å². The van der Waals surface area contributed by atoms with Gasteiger partial charge in [-0.15, -0.1) is 0 Å². The fraction of sp³-hybridized carbons (Fsp3) is 0. The molecule has 0 spiro atoms. The van der Waals surface area contributed by atoms with Crippen LogP contribution in [-0.2, 0) is 0 Å². The van der Waals surface area contributed by atoms with Crippen LogP contribution in [0.15, 0.2) is 170 Å². The summed E-state index contributed by atoms with van der Waals surface area (Å²) in [5, 5.41) is 63.0. The number of benzene rings is 13. The zero-order chi connectivity index (χ0) is 40.5. The summed E-state index contributed by atoms with van der Waals surface area (Å²) in [6.45, 7) is 0. The van der Waals surface area contributed by atoms with Gasteiger partial charge < -0.3 is 0 Å². The van der Waals surface area contributed by atoms with Crippen molar-refractivity contribution in [3.8, 4) is 24.3 Å². The fourth-order valence-corrected chi connectivity index (χ4v) is 9.58. The molecular weight excluding hydrogens is 729 g/mol. The maximum atomic E-state index is 8.63. The van der Waals surface area contributed by atoms with E-state index < -0.39 is 0 Å². The summed E-state index contributed by atoms with van der Waals surface area (Å²) in [7, 11) is 0. The molecule has 272 valence electrons. The number of hydrogen-bond acceptors (Lipinski definition) is 4. The van der Waals surface area contributed by atoms with Gasteiger partial charge in [-0.25, -0.2) is 0 Å². The molecule has 0 atom stereocenters. The van der Waals surface area contributed by atoms with Crippen LogP contribution in [0.3, 0.4) is 0 Å². The van der Waals surface area contributed by atoms with Crippen LogP contribution in [0.5, 0.6) is 0 Å². The van der Waals surface area contributed by atoms with Gasteiger partial charge in [-0.3, -0.25) is 0 Å². The molecular formula is C56H28N4. The van der Waals surface area contributed by atoms with Gasteiger partial charge in [0.2, 0.25) is 0 Å². The van der Waals surface area contributed by atoms with E-state index in [1.807, 2.05) is 0 Å². The number of nitrogens with zero attached hydrogens (tertiary/aromatic N) is 4. The molecule has 0 amide bonds. The Kier molecular flexibility index (Phi) is 7.70. The Labute approximate surface area is 343 Å². The van der Waals surface area contributed by atoms with Gasteiger partial charge in [0.05, 0.1) is 0 Å². The number of rotatable bonds is 0. The van der Waals surface area contributed by atoms with Crippen molar-refractivity contribution in [3.63, 3.8) is 0 Å². The lowest BCUT2D eigenvalue weighted by molar-refractivity contribution is 1.46. The molecule has 13 aromatic carbocycles. The van der Waals surface area contributed by atoms with Gasteiger partial charge in [-0.1, -0.05) is 170 Å². The highest BCUT2D eigenvalue weighted by molar-refractivity contribution is 6.41. The monoisotopic (exact) mass is 756 g/mol. The summed E-state index contributed by atoms with van der Waals surface area (Å²) in [5.41, 5.74) is 0.00373. The van der Waals surface area contributed by atoms with E-state index in [2.05, 4.69) is 146 Å². The Balaban J connectivity index is 0.000000104. The number of fused-ring (bicyclic) bond motifs is 2. The lowest BCUT2D eigenvalue weighted by Gasteiger charge is -2.17. The minimum atomic E-state index is 0.00187. The van der Waals surface area contributed by atoms with Crippen LogP contribution < -0.4 is 10.4 Å². The van der Waals surface area contributed by atoms with Crippen molar-refractivity contribution in [1.82, 2.24) is 0 Å². The molecule has 0 bridgehead atoms. The van der Waals surface area contributed by atoms with E-state index in [0.29, 0.717) is 10.4 Å². The zero-order valence-corrected chi connectivity index (χ0v) is 32.0. The van der Waals surface area contributed by atoms with Crippen LogP contribution >= 0.6 is 0 Å². The second kappa shape index (κ2) is 13.4. The number of hydrogen-bond donors (Lipinski definition) is 0. The standard InChI is InChI=1S/2C22H12.C12H4N4/c2*1-3-13-7-9-15-11-12-16-10-8-14-4-2-6-18-17(5-1)19(13)21(15)22(16)20(14)18;13-5-11(6-14)9-1-2-10(4-3-9)12(7-15)8-16/h2*1-12H;1-4H. The molecule has 0 aromatic heterocycles. The third-order valence-electron chi connectivity index (χ3n) is 12.2. The molecule has 0 aliphatic rings. The van der Waals surface area contributed by atoms with E-state index in [0.717, 1.165) is 0 Å². The molecule has 0 saturated carbocycles. The maximum Gasteiger partial charge on any atom is 0.136 e. The minimum Gasteiger partial charge on any atom is -0.192 e. The Bertz CT molecular complexity index is 3610. The Morgan fingerprint density at radius 3 is 0.633 bits per heavy atom. The van der Waals surface area contributed by atoms with Gasteiger partial charge in [-0.2, -0.15) is 21.0 Å². The average molecular weight is 757 g/mol. The van der Waals surface area contributed by atoms with E-state index in [9.17, 15) is 0 Å². The highest BCUT2D eigenvalue weighted by Gasteiger charge is 2.17. The highest BCUT2D eigenvalue weighted by Crippen LogP contribution is 2.46. The normalized spacial score (nSPS) is 11.3. The van der Waals surface area contributed by atoms with Gasteiger partial charge in [0.25, 0.3) is 0 Å². The largest absolute Gasteiger partial charge is 0.192 e. The first-order valence-corrected chi connectivity index (χ1v) is 19.7. The predicted octanol–water partition coefficient (Wildman–Crippen LogP) is 12.7. The molecule has 4 heteroatoms. The molecule has 60 heavy (non-hydrogen) atoms. The SMILES string of the molecule is N#CC(C#N)=c1ccc(=C(C#N)C#N)cc1.c1cc2ccc3ccc4ccc5cccc6c(c1)c2c3c4c56.c1cc2ccc3ccc4ccc5cccc6c(c1)c2c3c4c56.